The molecular formula is C22H31N5O. The maximum absolute atomic E-state index is 11.7. The average Bonchev–Trinajstić information content (AvgIpc) is 3.26. The van der Waals surface area contributed by atoms with E-state index < -0.39 is 0 Å². The number of hydrogen-bond acceptors (Lipinski definition) is 6. The van der Waals surface area contributed by atoms with Crippen molar-refractivity contribution in [2.45, 2.75) is 58.2 Å². The molecule has 150 valence electrons. The van der Waals surface area contributed by atoms with E-state index in [0.29, 0.717) is 17.6 Å². The Labute approximate surface area is 167 Å². The Balaban J connectivity index is 0.000000706. The fraction of sp³-hybridized carbons (Fsp3) is 0.500. The summed E-state index contributed by atoms with van der Waals surface area (Å²) < 4.78 is 0. The minimum atomic E-state index is -0.268. The van der Waals surface area contributed by atoms with Crippen LogP contribution in [0, 0.1) is 6.92 Å². The lowest BCUT2D eigenvalue weighted by Gasteiger charge is -2.37. The first-order valence-electron chi connectivity index (χ1n) is 10.0. The van der Waals surface area contributed by atoms with Gasteiger partial charge in [-0.2, -0.15) is 0 Å². The maximum atomic E-state index is 11.7. The van der Waals surface area contributed by atoms with Gasteiger partial charge >= 0.3 is 0 Å². The Kier molecular flexibility index (Phi) is 5.98. The molecule has 0 unspecified atom stereocenters. The van der Waals surface area contributed by atoms with Gasteiger partial charge in [0.05, 0.1) is 0 Å². The summed E-state index contributed by atoms with van der Waals surface area (Å²) in [6, 6.07) is 8.58. The van der Waals surface area contributed by atoms with E-state index in [4.69, 9.17) is 4.98 Å². The van der Waals surface area contributed by atoms with Gasteiger partial charge in [0, 0.05) is 11.6 Å². The lowest BCUT2D eigenvalue weighted by atomic mass is 10.1. The van der Waals surface area contributed by atoms with E-state index in [1.54, 1.807) is 0 Å². The van der Waals surface area contributed by atoms with Crippen molar-refractivity contribution >= 4 is 17.8 Å². The van der Waals surface area contributed by atoms with Crippen molar-refractivity contribution < 1.29 is 4.79 Å². The number of carbonyl (C=O) groups excluding carboxylic acids is 1. The molecule has 0 saturated heterocycles. The molecule has 1 aliphatic carbocycles. The van der Waals surface area contributed by atoms with E-state index >= 15 is 0 Å². The van der Waals surface area contributed by atoms with Crippen LogP contribution in [0.2, 0.25) is 0 Å². The zero-order valence-electron chi connectivity index (χ0n) is 17.5. The van der Waals surface area contributed by atoms with E-state index in [0.717, 1.165) is 23.4 Å². The molecular weight excluding hydrogens is 350 g/mol. The van der Waals surface area contributed by atoms with E-state index in [-0.39, 0.29) is 5.66 Å². The van der Waals surface area contributed by atoms with Crippen LogP contribution in [-0.2, 0) is 0 Å². The van der Waals surface area contributed by atoms with E-state index in [1.807, 2.05) is 38.4 Å². The van der Waals surface area contributed by atoms with Gasteiger partial charge in [0.1, 0.15) is 17.0 Å². The first-order valence-corrected chi connectivity index (χ1v) is 10.0. The van der Waals surface area contributed by atoms with Gasteiger partial charge < -0.3 is 15.5 Å². The molecule has 0 bridgehead atoms. The monoisotopic (exact) mass is 381 g/mol. The Morgan fingerprint density at radius 3 is 2.32 bits per heavy atom. The molecule has 2 aliphatic rings. The van der Waals surface area contributed by atoms with Crippen LogP contribution in [-0.4, -0.2) is 42.1 Å². The Morgan fingerprint density at radius 1 is 1.14 bits per heavy atom. The fourth-order valence-electron chi connectivity index (χ4n) is 4.10. The second-order valence-electron chi connectivity index (χ2n) is 8.11. The van der Waals surface area contributed by atoms with Crippen molar-refractivity contribution in [2.75, 3.05) is 24.3 Å². The lowest BCUT2D eigenvalue weighted by molar-refractivity contribution is 0.112. The van der Waals surface area contributed by atoms with Gasteiger partial charge in [-0.1, -0.05) is 42.7 Å². The Bertz CT molecular complexity index is 826. The topological polar surface area (TPSA) is 70.2 Å². The predicted octanol–water partition coefficient (Wildman–Crippen LogP) is 4.01. The number of fused-ring (bicyclic) bond motifs is 1. The van der Waals surface area contributed by atoms with Gasteiger partial charge in [-0.25, -0.2) is 9.97 Å². The van der Waals surface area contributed by atoms with E-state index in [9.17, 15) is 4.79 Å². The van der Waals surface area contributed by atoms with Gasteiger partial charge in [-0.3, -0.25) is 4.79 Å². The number of aldehydes is 1. The molecule has 4 rings (SSSR count). The number of aromatic nitrogens is 2. The van der Waals surface area contributed by atoms with Crippen LogP contribution in [0.15, 0.2) is 24.3 Å². The molecule has 1 saturated carbocycles. The van der Waals surface area contributed by atoms with Gasteiger partial charge in [0.25, 0.3) is 0 Å². The second kappa shape index (κ2) is 8.27. The van der Waals surface area contributed by atoms with Gasteiger partial charge in [-0.15, -0.1) is 0 Å². The van der Waals surface area contributed by atoms with Crippen molar-refractivity contribution in [3.05, 3.63) is 35.5 Å². The largest absolute Gasteiger partial charge is 0.358 e. The van der Waals surface area contributed by atoms with Crippen LogP contribution in [0.25, 0.3) is 11.4 Å². The smallest absolute Gasteiger partial charge is 0.170 e. The molecule has 0 spiro atoms. The fourth-order valence-corrected chi connectivity index (χ4v) is 4.10. The summed E-state index contributed by atoms with van der Waals surface area (Å²) in [6.45, 7) is 6.35. The number of hydrogen-bond donors (Lipinski definition) is 2. The summed E-state index contributed by atoms with van der Waals surface area (Å²) in [4.78, 5) is 23.5. The van der Waals surface area contributed by atoms with Crippen LogP contribution in [0.5, 0.6) is 0 Å². The average molecular weight is 382 g/mol. The number of aryl methyl sites for hydroxylation is 1. The number of nitrogens with one attached hydrogen (secondary N) is 2. The first-order chi connectivity index (χ1) is 13.4. The van der Waals surface area contributed by atoms with Crippen LogP contribution in [0.3, 0.4) is 0 Å². The number of anilines is 2. The van der Waals surface area contributed by atoms with E-state index in [1.165, 1.54) is 31.2 Å². The lowest BCUT2D eigenvalue weighted by Crippen LogP contribution is -2.50. The van der Waals surface area contributed by atoms with Gasteiger partial charge in [0.15, 0.2) is 17.9 Å². The summed E-state index contributed by atoms with van der Waals surface area (Å²) in [6.07, 6.45) is 5.68. The van der Waals surface area contributed by atoms with Crippen LogP contribution >= 0.6 is 0 Å². The van der Waals surface area contributed by atoms with Crippen LogP contribution < -0.4 is 15.5 Å². The molecule has 6 heteroatoms. The molecule has 1 aromatic heterocycles. The number of nitrogens with zero attached hydrogens (tertiary/aromatic N) is 3. The highest BCUT2D eigenvalue weighted by atomic mass is 16.1. The standard InChI is InChI=1S/C20H24N4O.C2H7N/c1-13-8-10-14(11-9-13)18-21-16(12-25)17-19(22-18)24(20(2,3)23-17)15-6-4-5-7-15;1-3-2/h8-12,15,23H,4-7H2,1-3H3;3H,1-2H3. The third kappa shape index (κ3) is 3.87. The molecule has 2 N–H and O–H groups in total. The molecule has 6 nitrogen and oxygen atoms in total. The SMILES string of the molecule is CNC.Cc1ccc(-c2nc(C=O)c3c(n2)N(C2CCCC2)C(C)(C)N3)cc1. The number of rotatable bonds is 3. The van der Waals surface area contributed by atoms with Crippen molar-refractivity contribution in [1.29, 1.82) is 0 Å². The third-order valence-corrected chi connectivity index (χ3v) is 5.29. The Morgan fingerprint density at radius 2 is 1.75 bits per heavy atom. The second-order valence-corrected chi connectivity index (χ2v) is 8.11. The van der Waals surface area contributed by atoms with Gasteiger partial charge in [0.2, 0.25) is 0 Å². The van der Waals surface area contributed by atoms with Gasteiger partial charge in [-0.05, 0) is 47.7 Å². The quantitative estimate of drug-likeness (QED) is 0.783. The normalized spacial score (nSPS) is 17.5. The summed E-state index contributed by atoms with van der Waals surface area (Å²) in [5, 5.41) is 6.23. The molecule has 0 radical (unpaired) electrons. The summed E-state index contributed by atoms with van der Waals surface area (Å²) in [5.41, 5.74) is 3.07. The molecule has 1 aromatic carbocycles. The molecule has 2 aromatic rings. The van der Waals surface area contributed by atoms with Crippen molar-refractivity contribution in [1.82, 2.24) is 15.3 Å². The number of carbonyl (C=O) groups is 1. The first kappa shape index (κ1) is 20.3. The molecule has 1 aliphatic heterocycles. The molecule has 0 atom stereocenters. The molecule has 0 amide bonds. The highest BCUT2D eigenvalue weighted by molar-refractivity contribution is 5.91. The Hall–Kier alpha value is -2.47. The van der Waals surface area contributed by atoms with Crippen molar-refractivity contribution in [3.63, 3.8) is 0 Å². The summed E-state index contributed by atoms with van der Waals surface area (Å²) in [5.74, 6) is 1.48. The maximum Gasteiger partial charge on any atom is 0.170 e. The summed E-state index contributed by atoms with van der Waals surface area (Å²) in [7, 11) is 3.75. The zero-order chi connectivity index (χ0) is 20.3. The van der Waals surface area contributed by atoms with E-state index in [2.05, 4.69) is 41.3 Å². The third-order valence-electron chi connectivity index (χ3n) is 5.29. The molecule has 1 fully saturated rings. The van der Waals surface area contributed by atoms with Crippen molar-refractivity contribution in [2.24, 2.45) is 0 Å². The van der Waals surface area contributed by atoms with Crippen LogP contribution in [0.1, 0.15) is 55.6 Å². The highest BCUT2D eigenvalue weighted by Gasteiger charge is 2.43. The molecule has 28 heavy (non-hydrogen) atoms. The highest BCUT2D eigenvalue weighted by Crippen LogP contribution is 2.44. The molecule has 2 heterocycles. The predicted molar refractivity (Wildman–Crippen MR) is 115 cm³/mol. The summed E-state index contributed by atoms with van der Waals surface area (Å²) >= 11 is 0. The number of benzene rings is 1. The minimum Gasteiger partial charge on any atom is -0.358 e. The van der Waals surface area contributed by atoms with Crippen LogP contribution in [0.4, 0.5) is 11.5 Å². The zero-order valence-corrected chi connectivity index (χ0v) is 17.5. The minimum absolute atomic E-state index is 0.268. The van der Waals surface area contributed by atoms with Crippen molar-refractivity contribution in [3.8, 4) is 11.4 Å².